The van der Waals surface area contributed by atoms with Crippen LogP contribution in [0.4, 0.5) is 11.5 Å². The van der Waals surface area contributed by atoms with Gasteiger partial charge in [0.1, 0.15) is 11.6 Å². The van der Waals surface area contributed by atoms with Crippen LogP contribution in [0.25, 0.3) is 0 Å². The van der Waals surface area contributed by atoms with Crippen LogP contribution in [0.5, 0.6) is 5.75 Å². The molecular weight excluding hydrogens is 314 g/mol. The van der Waals surface area contributed by atoms with Crippen molar-refractivity contribution in [1.82, 2.24) is 4.98 Å². The van der Waals surface area contributed by atoms with Crippen molar-refractivity contribution in [2.75, 3.05) is 29.9 Å². The molecule has 25 heavy (non-hydrogen) atoms. The lowest BCUT2D eigenvalue weighted by Gasteiger charge is -2.27. The number of nitrogens with zero attached hydrogens (tertiary/aromatic N) is 2. The van der Waals surface area contributed by atoms with Gasteiger partial charge < -0.3 is 15.0 Å². The van der Waals surface area contributed by atoms with Crippen molar-refractivity contribution in [1.29, 1.82) is 0 Å². The number of para-hydroxylation sites is 1. The van der Waals surface area contributed by atoms with Crippen molar-refractivity contribution in [3.05, 3.63) is 48.7 Å². The first-order valence-electron chi connectivity index (χ1n) is 9.00. The average molecular weight is 339 g/mol. The smallest absolute Gasteiger partial charge is 0.224 e. The van der Waals surface area contributed by atoms with Crippen LogP contribution in [0.1, 0.15) is 32.1 Å². The second-order valence-electron chi connectivity index (χ2n) is 6.27. The number of benzene rings is 1. The highest BCUT2D eigenvalue weighted by molar-refractivity contribution is 5.90. The van der Waals surface area contributed by atoms with E-state index in [1.807, 2.05) is 42.5 Å². The highest BCUT2D eigenvalue weighted by Crippen LogP contribution is 2.19. The predicted molar refractivity (Wildman–Crippen MR) is 100 cm³/mol. The van der Waals surface area contributed by atoms with E-state index in [4.69, 9.17) is 4.74 Å². The van der Waals surface area contributed by atoms with E-state index in [0.717, 1.165) is 30.3 Å². The Bertz CT molecular complexity index is 652. The molecule has 5 heteroatoms. The van der Waals surface area contributed by atoms with Gasteiger partial charge in [-0.1, -0.05) is 18.2 Å². The third-order valence-corrected chi connectivity index (χ3v) is 4.27. The molecule has 1 aromatic heterocycles. The molecular formula is C20H25N3O2. The summed E-state index contributed by atoms with van der Waals surface area (Å²) in [5.41, 5.74) is 0.745. The summed E-state index contributed by atoms with van der Waals surface area (Å²) in [6, 6.07) is 13.6. The Hall–Kier alpha value is -2.56. The monoisotopic (exact) mass is 339 g/mol. The number of aromatic nitrogens is 1. The van der Waals surface area contributed by atoms with Gasteiger partial charge in [0.2, 0.25) is 5.91 Å². The Balaban J connectivity index is 1.38. The van der Waals surface area contributed by atoms with Crippen molar-refractivity contribution >= 4 is 17.4 Å². The van der Waals surface area contributed by atoms with Crippen molar-refractivity contribution in [3.8, 4) is 5.75 Å². The first-order valence-corrected chi connectivity index (χ1v) is 9.00. The molecule has 0 atom stereocenters. The molecule has 0 unspecified atom stereocenters. The summed E-state index contributed by atoms with van der Waals surface area (Å²) in [5.74, 6) is 1.82. The quantitative estimate of drug-likeness (QED) is 0.778. The van der Waals surface area contributed by atoms with Gasteiger partial charge in [0, 0.05) is 19.5 Å². The molecule has 0 bridgehead atoms. The number of hydrogen-bond acceptors (Lipinski definition) is 4. The Morgan fingerprint density at radius 2 is 1.88 bits per heavy atom. The molecule has 1 aromatic carbocycles. The van der Waals surface area contributed by atoms with E-state index in [-0.39, 0.29) is 5.91 Å². The molecule has 2 aromatic rings. The van der Waals surface area contributed by atoms with Crippen molar-refractivity contribution < 1.29 is 9.53 Å². The van der Waals surface area contributed by atoms with Gasteiger partial charge in [-0.3, -0.25) is 4.79 Å². The summed E-state index contributed by atoms with van der Waals surface area (Å²) in [6.45, 7) is 2.67. The summed E-state index contributed by atoms with van der Waals surface area (Å²) >= 11 is 0. The molecule has 3 rings (SSSR count). The molecule has 132 valence electrons. The number of carbonyl (C=O) groups excluding carboxylic acids is 1. The maximum atomic E-state index is 12.0. The number of anilines is 2. The molecule has 1 aliphatic rings. The van der Waals surface area contributed by atoms with Crippen LogP contribution in [0.3, 0.4) is 0 Å². The molecule has 0 aliphatic carbocycles. The van der Waals surface area contributed by atoms with Gasteiger partial charge in [0.15, 0.2) is 0 Å². The molecule has 1 N–H and O–H groups in total. The lowest BCUT2D eigenvalue weighted by atomic mass is 10.1. The Morgan fingerprint density at radius 3 is 2.60 bits per heavy atom. The molecule has 1 amide bonds. The molecule has 1 saturated heterocycles. The number of ether oxygens (including phenoxy) is 1. The maximum absolute atomic E-state index is 12.0. The summed E-state index contributed by atoms with van der Waals surface area (Å²) in [5, 5.41) is 2.90. The first kappa shape index (κ1) is 17.3. The average Bonchev–Trinajstić information content (AvgIpc) is 2.67. The number of rotatable bonds is 7. The second kappa shape index (κ2) is 9.06. The minimum Gasteiger partial charge on any atom is -0.494 e. The van der Waals surface area contributed by atoms with E-state index < -0.39 is 0 Å². The molecule has 2 heterocycles. The van der Waals surface area contributed by atoms with Gasteiger partial charge in [0.05, 0.1) is 18.5 Å². The summed E-state index contributed by atoms with van der Waals surface area (Å²) in [4.78, 5) is 18.8. The fourth-order valence-electron chi connectivity index (χ4n) is 2.93. The SMILES string of the molecule is O=C(CCCOc1ccccc1)Nc1ccc(N2CCCCC2)nc1. The minimum atomic E-state index is -0.0100. The zero-order valence-electron chi connectivity index (χ0n) is 14.5. The number of carbonyl (C=O) groups is 1. The number of hydrogen-bond donors (Lipinski definition) is 1. The van der Waals surface area contributed by atoms with Gasteiger partial charge in [-0.05, 0) is 49.9 Å². The summed E-state index contributed by atoms with van der Waals surface area (Å²) in [7, 11) is 0. The Labute approximate surface area is 149 Å². The zero-order chi connectivity index (χ0) is 17.3. The van der Waals surface area contributed by atoms with Crippen LogP contribution >= 0.6 is 0 Å². The van der Waals surface area contributed by atoms with Crippen LogP contribution in [0, 0.1) is 0 Å². The van der Waals surface area contributed by atoms with Crippen LogP contribution in [-0.4, -0.2) is 30.6 Å². The third-order valence-electron chi connectivity index (χ3n) is 4.27. The van der Waals surface area contributed by atoms with Gasteiger partial charge in [0.25, 0.3) is 0 Å². The minimum absolute atomic E-state index is 0.0100. The van der Waals surface area contributed by atoms with E-state index in [9.17, 15) is 4.79 Å². The fourth-order valence-corrected chi connectivity index (χ4v) is 2.93. The molecule has 0 radical (unpaired) electrons. The van der Waals surface area contributed by atoms with Crippen LogP contribution in [0.2, 0.25) is 0 Å². The van der Waals surface area contributed by atoms with E-state index in [0.29, 0.717) is 19.4 Å². The largest absolute Gasteiger partial charge is 0.494 e. The van der Waals surface area contributed by atoms with Crippen molar-refractivity contribution in [2.45, 2.75) is 32.1 Å². The van der Waals surface area contributed by atoms with E-state index in [1.54, 1.807) is 6.20 Å². The Morgan fingerprint density at radius 1 is 1.08 bits per heavy atom. The van der Waals surface area contributed by atoms with Crippen LogP contribution in [0.15, 0.2) is 48.7 Å². The zero-order valence-corrected chi connectivity index (χ0v) is 14.5. The third kappa shape index (κ3) is 5.48. The van der Waals surface area contributed by atoms with E-state index in [2.05, 4.69) is 15.2 Å². The van der Waals surface area contributed by atoms with E-state index in [1.165, 1.54) is 19.3 Å². The topological polar surface area (TPSA) is 54.5 Å². The van der Waals surface area contributed by atoms with Crippen LogP contribution in [-0.2, 0) is 4.79 Å². The Kier molecular flexibility index (Phi) is 6.26. The highest BCUT2D eigenvalue weighted by atomic mass is 16.5. The van der Waals surface area contributed by atoms with Crippen molar-refractivity contribution in [3.63, 3.8) is 0 Å². The van der Waals surface area contributed by atoms with Crippen molar-refractivity contribution in [2.24, 2.45) is 0 Å². The molecule has 1 fully saturated rings. The molecule has 1 aliphatic heterocycles. The predicted octanol–water partition coefficient (Wildman–Crippen LogP) is 3.87. The molecule has 0 spiro atoms. The number of piperidine rings is 1. The molecule has 5 nitrogen and oxygen atoms in total. The number of amides is 1. The maximum Gasteiger partial charge on any atom is 0.224 e. The fraction of sp³-hybridized carbons (Fsp3) is 0.400. The summed E-state index contributed by atoms with van der Waals surface area (Å²) < 4.78 is 5.59. The lowest BCUT2D eigenvalue weighted by Crippen LogP contribution is -2.30. The number of nitrogens with one attached hydrogen (secondary N) is 1. The van der Waals surface area contributed by atoms with Crippen LogP contribution < -0.4 is 15.0 Å². The lowest BCUT2D eigenvalue weighted by molar-refractivity contribution is -0.116. The van der Waals surface area contributed by atoms with Gasteiger partial charge >= 0.3 is 0 Å². The van der Waals surface area contributed by atoms with Gasteiger partial charge in [-0.2, -0.15) is 0 Å². The highest BCUT2D eigenvalue weighted by Gasteiger charge is 2.12. The van der Waals surface area contributed by atoms with Gasteiger partial charge in [-0.15, -0.1) is 0 Å². The number of pyridine rings is 1. The van der Waals surface area contributed by atoms with E-state index >= 15 is 0 Å². The molecule has 0 saturated carbocycles. The van der Waals surface area contributed by atoms with Gasteiger partial charge in [-0.25, -0.2) is 4.98 Å². The summed E-state index contributed by atoms with van der Waals surface area (Å²) in [6.07, 6.45) is 6.61. The second-order valence-corrected chi connectivity index (χ2v) is 6.27. The standard InChI is InChI=1S/C20H25N3O2/c24-20(10-7-15-25-18-8-3-1-4-9-18)22-17-11-12-19(21-16-17)23-13-5-2-6-14-23/h1,3-4,8-9,11-12,16H,2,5-7,10,13-15H2,(H,22,24). The first-order chi connectivity index (χ1) is 12.3. The normalized spacial score (nSPS) is 14.2.